The van der Waals surface area contributed by atoms with Crippen LogP contribution in [-0.4, -0.2) is 59.8 Å². The first-order valence-electron chi connectivity index (χ1n) is 12.9. The van der Waals surface area contributed by atoms with Gasteiger partial charge in [0.25, 0.3) is 0 Å². The van der Waals surface area contributed by atoms with E-state index in [0.29, 0.717) is 11.8 Å². The van der Waals surface area contributed by atoms with Crippen molar-refractivity contribution in [3.05, 3.63) is 46.0 Å². The van der Waals surface area contributed by atoms with Gasteiger partial charge in [0.2, 0.25) is 6.29 Å². The Kier molecular flexibility index (Phi) is 9.58. The number of benzene rings is 1. The molecule has 10 heteroatoms. The summed E-state index contributed by atoms with van der Waals surface area (Å²) in [6.45, 7) is 1.16. The van der Waals surface area contributed by atoms with E-state index >= 15 is 0 Å². The van der Waals surface area contributed by atoms with Crippen molar-refractivity contribution in [2.75, 3.05) is 7.11 Å². The molecule has 1 aliphatic heterocycles. The standard InChI is InChI=1S/C28H32NO8.Na/c1-34-26(22-16-6-4-8-20(22)19-7-3-2-5-15(19)11-16)17-9-10-18(13-29)21(12-17)36-28-25(33)23(31)24(32)27(37-28)35-14-30;/h9-10,12,16,20,23-25,27-28,31-33H,2-8,11H2,1H3;/q-1;+1/b26-22+;/t16?,20?,23-,24-,25?,27?,28+;/m0./s1. The van der Waals surface area contributed by atoms with Crippen molar-refractivity contribution in [2.45, 2.75) is 82.3 Å². The van der Waals surface area contributed by atoms with Crippen LogP contribution in [0.3, 0.4) is 0 Å². The van der Waals surface area contributed by atoms with Gasteiger partial charge in [-0.05, 0) is 74.6 Å². The molecule has 1 heterocycles. The van der Waals surface area contributed by atoms with Crippen LogP contribution in [0.15, 0.2) is 34.9 Å². The molecule has 198 valence electrons. The molecule has 2 bridgehead atoms. The van der Waals surface area contributed by atoms with Crippen LogP contribution in [0, 0.1) is 23.2 Å². The summed E-state index contributed by atoms with van der Waals surface area (Å²) in [4.78, 5) is 10.7. The van der Waals surface area contributed by atoms with E-state index in [4.69, 9.17) is 14.2 Å². The molecule has 0 spiro atoms. The minimum atomic E-state index is -1.71. The average molecular weight is 534 g/mol. The van der Waals surface area contributed by atoms with Gasteiger partial charge in [0, 0.05) is 11.5 Å². The minimum absolute atomic E-state index is 0. The quantitative estimate of drug-likeness (QED) is 0.197. The molecule has 4 aliphatic rings. The first-order chi connectivity index (χ1) is 18.0. The maximum Gasteiger partial charge on any atom is 1.00 e. The van der Waals surface area contributed by atoms with Gasteiger partial charge in [-0.15, -0.1) is 0 Å². The maximum absolute atomic E-state index is 10.7. The van der Waals surface area contributed by atoms with Crippen molar-refractivity contribution < 1.29 is 68.6 Å². The van der Waals surface area contributed by atoms with E-state index < -0.39 is 30.9 Å². The number of aliphatic hydroxyl groups is 3. The normalized spacial score (nSPS) is 33.7. The third kappa shape index (κ3) is 5.41. The molecule has 4 unspecified atom stereocenters. The molecule has 38 heavy (non-hydrogen) atoms. The Morgan fingerprint density at radius 3 is 2.58 bits per heavy atom. The van der Waals surface area contributed by atoms with Gasteiger partial charge < -0.3 is 39.1 Å². The Hall–Kier alpha value is -1.90. The number of nitrogens with zero attached hydrogens (tertiary/aromatic N) is 1. The fraction of sp³-hybridized carbons (Fsp3) is 0.571. The van der Waals surface area contributed by atoms with Gasteiger partial charge in [-0.2, -0.15) is 5.26 Å². The van der Waals surface area contributed by atoms with Crippen LogP contribution in [-0.2, 0) is 19.0 Å². The van der Waals surface area contributed by atoms with E-state index in [2.05, 4.69) is 10.8 Å². The number of nitriles is 1. The second kappa shape index (κ2) is 12.5. The molecule has 1 saturated heterocycles. The summed E-state index contributed by atoms with van der Waals surface area (Å²) < 4.78 is 21.8. The van der Waals surface area contributed by atoms with Gasteiger partial charge in [-0.3, -0.25) is 0 Å². The number of methoxy groups -OCH3 is 1. The summed E-state index contributed by atoms with van der Waals surface area (Å²) in [5, 5.41) is 40.3. The summed E-state index contributed by atoms with van der Waals surface area (Å²) >= 11 is 0. The van der Waals surface area contributed by atoms with E-state index in [1.165, 1.54) is 31.3 Å². The second-order valence-electron chi connectivity index (χ2n) is 10.2. The molecule has 1 aromatic carbocycles. The zero-order chi connectivity index (χ0) is 26.1. The fourth-order valence-corrected chi connectivity index (χ4v) is 6.46. The maximum atomic E-state index is 10.7. The number of aliphatic hydroxyl groups excluding tert-OH is 3. The summed E-state index contributed by atoms with van der Waals surface area (Å²) in [7, 11) is 1.66. The summed E-state index contributed by atoms with van der Waals surface area (Å²) in [6, 6.07) is 7.17. The van der Waals surface area contributed by atoms with E-state index in [1.54, 1.807) is 30.4 Å². The topological polar surface area (TPSA) is 138 Å². The second-order valence-corrected chi connectivity index (χ2v) is 10.2. The number of hydrogen-bond donors (Lipinski definition) is 3. The molecule has 3 aliphatic carbocycles. The van der Waals surface area contributed by atoms with Crippen molar-refractivity contribution in [2.24, 2.45) is 11.8 Å². The molecular formula is C28H32NNaO8. The van der Waals surface area contributed by atoms with Crippen LogP contribution in [0.1, 0.15) is 62.5 Å². The SMILES string of the molecule is CO/C(=C1\C2CCCC1C1=C(CCCC1)C2)c1ccc(C#N)c(O[C@@H]2OC(O[C-]=O)[C@@H](O)[C@H](O)C2O)c1.[Na+]. The molecule has 1 aromatic rings. The van der Waals surface area contributed by atoms with E-state index in [9.17, 15) is 25.4 Å². The average Bonchev–Trinajstić information content (AvgIpc) is 2.91. The predicted molar refractivity (Wildman–Crippen MR) is 130 cm³/mol. The first-order valence-corrected chi connectivity index (χ1v) is 12.9. The van der Waals surface area contributed by atoms with Crippen LogP contribution in [0.2, 0.25) is 0 Å². The van der Waals surface area contributed by atoms with Gasteiger partial charge in [0.15, 0.2) is 6.29 Å². The molecular weight excluding hydrogens is 501 g/mol. The van der Waals surface area contributed by atoms with E-state index in [1.807, 2.05) is 6.07 Å². The molecule has 3 N–H and O–H groups in total. The fourth-order valence-electron chi connectivity index (χ4n) is 6.46. The van der Waals surface area contributed by atoms with Crippen LogP contribution in [0.5, 0.6) is 5.75 Å². The van der Waals surface area contributed by atoms with Gasteiger partial charge >= 0.3 is 29.6 Å². The molecule has 0 radical (unpaired) electrons. The predicted octanol–water partition coefficient (Wildman–Crippen LogP) is -0.162. The number of allylic oxidation sites excluding steroid dienone is 3. The van der Waals surface area contributed by atoms with Crippen molar-refractivity contribution in [3.8, 4) is 11.8 Å². The van der Waals surface area contributed by atoms with Gasteiger partial charge in [0.1, 0.15) is 35.9 Å². The monoisotopic (exact) mass is 533 g/mol. The van der Waals surface area contributed by atoms with Crippen molar-refractivity contribution in [1.82, 2.24) is 0 Å². The third-order valence-corrected chi connectivity index (χ3v) is 8.17. The minimum Gasteiger partial charge on any atom is -0.630 e. The molecule has 2 fully saturated rings. The van der Waals surface area contributed by atoms with Gasteiger partial charge in [0.05, 0.1) is 12.7 Å². The summed E-state index contributed by atoms with van der Waals surface area (Å²) in [6.07, 6.45) is 1.16. The van der Waals surface area contributed by atoms with Crippen LogP contribution < -0.4 is 34.3 Å². The Bertz CT molecular complexity index is 1140. The number of ether oxygens (including phenoxy) is 4. The van der Waals surface area contributed by atoms with Crippen molar-refractivity contribution in [1.29, 1.82) is 5.26 Å². The first kappa shape index (κ1) is 29.1. The molecule has 0 amide bonds. The number of rotatable bonds is 6. The zero-order valence-electron chi connectivity index (χ0n) is 21.8. The van der Waals surface area contributed by atoms with Crippen molar-refractivity contribution >= 4 is 12.2 Å². The van der Waals surface area contributed by atoms with E-state index in [-0.39, 0.29) is 40.9 Å². The molecule has 0 aromatic heterocycles. The molecule has 1 saturated carbocycles. The van der Waals surface area contributed by atoms with Crippen LogP contribution in [0.4, 0.5) is 0 Å². The van der Waals surface area contributed by atoms with Crippen LogP contribution in [0.25, 0.3) is 5.76 Å². The van der Waals surface area contributed by atoms with Gasteiger partial charge in [-0.25, -0.2) is 0 Å². The summed E-state index contributed by atoms with van der Waals surface area (Å²) in [5.74, 6) is 1.67. The largest absolute Gasteiger partial charge is 1.00 e. The van der Waals surface area contributed by atoms with Gasteiger partial charge in [-0.1, -0.05) is 24.0 Å². The zero-order valence-corrected chi connectivity index (χ0v) is 23.8. The molecule has 5 rings (SSSR count). The molecule has 7 atom stereocenters. The number of carbonyl (C=O) groups excluding carboxylic acids is 1. The molecule has 9 nitrogen and oxygen atoms in total. The van der Waals surface area contributed by atoms with Crippen molar-refractivity contribution in [3.63, 3.8) is 0 Å². The smallest absolute Gasteiger partial charge is 0.630 e. The van der Waals surface area contributed by atoms with E-state index in [0.717, 1.165) is 43.5 Å². The Morgan fingerprint density at radius 2 is 1.84 bits per heavy atom. The Labute approximate surface area is 244 Å². The third-order valence-electron chi connectivity index (χ3n) is 8.17. The summed E-state index contributed by atoms with van der Waals surface area (Å²) in [5.41, 5.74) is 5.45. The number of hydrogen-bond acceptors (Lipinski definition) is 9. The van der Waals surface area contributed by atoms with Crippen LogP contribution >= 0.6 is 0 Å². The Balaban J connectivity index is 0.00000336. The Morgan fingerprint density at radius 1 is 1.08 bits per heavy atom. The number of fused-ring (bicyclic) bond motifs is 3.